The van der Waals surface area contributed by atoms with Crippen molar-refractivity contribution in [2.75, 3.05) is 6.54 Å². The molecule has 0 atom stereocenters. The SMILES string of the molecule is CC(C)CNCc1ccc(Cl)c(-c2nc(-c3cnn(C(C)(C)C)c3)cc(=O)[nH]2)c1. The van der Waals surface area contributed by atoms with Crippen molar-refractivity contribution >= 4 is 11.6 Å². The lowest BCUT2D eigenvalue weighted by Crippen LogP contribution is -2.21. The Balaban J connectivity index is 1.95. The summed E-state index contributed by atoms with van der Waals surface area (Å²) >= 11 is 6.43. The van der Waals surface area contributed by atoms with Crippen molar-refractivity contribution in [1.82, 2.24) is 25.1 Å². The molecule has 0 saturated heterocycles. The lowest BCUT2D eigenvalue weighted by Gasteiger charge is -2.18. The number of aromatic amines is 1. The Hall–Kier alpha value is -2.44. The van der Waals surface area contributed by atoms with Crippen LogP contribution in [0.25, 0.3) is 22.6 Å². The predicted octanol–water partition coefficient (Wildman–Crippen LogP) is 4.45. The molecular formula is C22H28ClN5O. The number of hydrogen-bond donors (Lipinski definition) is 2. The van der Waals surface area contributed by atoms with Gasteiger partial charge in [0.25, 0.3) is 5.56 Å². The highest BCUT2D eigenvalue weighted by atomic mass is 35.5. The minimum absolute atomic E-state index is 0.150. The molecule has 2 aromatic heterocycles. The lowest BCUT2D eigenvalue weighted by atomic mass is 10.1. The highest BCUT2D eigenvalue weighted by Crippen LogP contribution is 2.28. The summed E-state index contributed by atoms with van der Waals surface area (Å²) in [5.74, 6) is 1.03. The number of rotatable bonds is 6. The fourth-order valence-electron chi connectivity index (χ4n) is 2.92. The van der Waals surface area contributed by atoms with Crippen LogP contribution in [0.2, 0.25) is 5.02 Å². The van der Waals surface area contributed by atoms with Crippen LogP contribution in [0.3, 0.4) is 0 Å². The third-order valence-corrected chi connectivity index (χ3v) is 4.80. The van der Waals surface area contributed by atoms with E-state index in [0.717, 1.165) is 24.2 Å². The summed E-state index contributed by atoms with van der Waals surface area (Å²) in [7, 11) is 0. The molecule has 0 amide bonds. The molecule has 3 rings (SSSR count). The van der Waals surface area contributed by atoms with Crippen LogP contribution in [0.15, 0.2) is 41.5 Å². The Morgan fingerprint density at radius 1 is 1.24 bits per heavy atom. The first-order valence-electron chi connectivity index (χ1n) is 9.80. The first-order chi connectivity index (χ1) is 13.6. The Labute approximate surface area is 176 Å². The van der Waals surface area contributed by atoms with E-state index in [2.05, 4.69) is 55.0 Å². The van der Waals surface area contributed by atoms with Crippen LogP contribution in [0, 0.1) is 5.92 Å². The average molecular weight is 414 g/mol. The fourth-order valence-corrected chi connectivity index (χ4v) is 3.13. The van der Waals surface area contributed by atoms with Crippen LogP contribution in [0.5, 0.6) is 0 Å². The number of benzene rings is 1. The largest absolute Gasteiger partial charge is 0.312 e. The molecule has 7 heteroatoms. The molecule has 29 heavy (non-hydrogen) atoms. The van der Waals surface area contributed by atoms with Gasteiger partial charge in [0.15, 0.2) is 0 Å². The van der Waals surface area contributed by atoms with Gasteiger partial charge in [-0.3, -0.25) is 9.48 Å². The van der Waals surface area contributed by atoms with E-state index in [1.165, 1.54) is 6.07 Å². The Bertz CT molecular complexity index is 1050. The number of nitrogens with one attached hydrogen (secondary N) is 2. The Morgan fingerprint density at radius 2 is 2.00 bits per heavy atom. The summed E-state index contributed by atoms with van der Waals surface area (Å²) in [6.45, 7) is 12.2. The fraction of sp³-hybridized carbons (Fsp3) is 0.409. The van der Waals surface area contributed by atoms with E-state index in [1.54, 1.807) is 6.20 Å². The van der Waals surface area contributed by atoms with Gasteiger partial charge in [-0.05, 0) is 50.9 Å². The van der Waals surface area contributed by atoms with Crippen LogP contribution < -0.4 is 10.9 Å². The lowest BCUT2D eigenvalue weighted by molar-refractivity contribution is 0.355. The molecule has 0 unspecified atom stereocenters. The zero-order chi connectivity index (χ0) is 21.2. The third kappa shape index (κ3) is 5.34. The first-order valence-corrected chi connectivity index (χ1v) is 10.2. The molecule has 0 bridgehead atoms. The molecule has 6 nitrogen and oxygen atoms in total. The van der Waals surface area contributed by atoms with Gasteiger partial charge in [0.05, 0.1) is 22.5 Å². The maximum atomic E-state index is 12.3. The second-order valence-corrected chi connectivity index (χ2v) is 9.07. The minimum atomic E-state index is -0.229. The number of hydrogen-bond acceptors (Lipinski definition) is 4. The van der Waals surface area contributed by atoms with Gasteiger partial charge >= 0.3 is 0 Å². The second-order valence-electron chi connectivity index (χ2n) is 8.66. The average Bonchev–Trinajstić information content (AvgIpc) is 3.13. The molecule has 0 fully saturated rings. The van der Waals surface area contributed by atoms with E-state index in [-0.39, 0.29) is 11.1 Å². The summed E-state index contributed by atoms with van der Waals surface area (Å²) in [6, 6.07) is 7.27. The molecule has 2 N–H and O–H groups in total. The van der Waals surface area contributed by atoms with E-state index < -0.39 is 0 Å². The molecule has 154 valence electrons. The number of aromatic nitrogens is 4. The Kier molecular flexibility index (Phi) is 6.24. The van der Waals surface area contributed by atoms with Crippen molar-refractivity contribution in [3.8, 4) is 22.6 Å². The standard InChI is InChI=1S/C22H28ClN5O/c1-14(2)10-24-11-15-6-7-18(23)17(8-15)21-26-19(9-20(29)27-21)16-12-25-28(13-16)22(3,4)5/h6-9,12-14,24H,10-11H2,1-5H3,(H,26,27,29). The highest BCUT2D eigenvalue weighted by molar-refractivity contribution is 6.33. The molecule has 0 spiro atoms. The Morgan fingerprint density at radius 3 is 2.66 bits per heavy atom. The van der Waals surface area contributed by atoms with Gasteiger partial charge in [0.2, 0.25) is 0 Å². The van der Waals surface area contributed by atoms with E-state index >= 15 is 0 Å². The van der Waals surface area contributed by atoms with Crippen molar-refractivity contribution in [1.29, 1.82) is 0 Å². The van der Waals surface area contributed by atoms with Gasteiger partial charge in [-0.2, -0.15) is 5.10 Å². The highest BCUT2D eigenvalue weighted by Gasteiger charge is 2.16. The van der Waals surface area contributed by atoms with Gasteiger partial charge in [0.1, 0.15) is 5.82 Å². The molecule has 0 radical (unpaired) electrons. The number of H-pyrrole nitrogens is 1. The molecule has 0 aliphatic heterocycles. The van der Waals surface area contributed by atoms with Crippen LogP contribution >= 0.6 is 11.6 Å². The molecular weight excluding hydrogens is 386 g/mol. The molecule has 3 aromatic rings. The number of halogens is 1. The summed E-state index contributed by atoms with van der Waals surface area (Å²) in [5, 5.41) is 8.37. The topological polar surface area (TPSA) is 75.6 Å². The van der Waals surface area contributed by atoms with E-state index in [1.807, 2.05) is 29.1 Å². The maximum Gasteiger partial charge on any atom is 0.251 e. The van der Waals surface area contributed by atoms with Crippen molar-refractivity contribution in [3.63, 3.8) is 0 Å². The quantitative estimate of drug-likeness (QED) is 0.625. The minimum Gasteiger partial charge on any atom is -0.312 e. The third-order valence-electron chi connectivity index (χ3n) is 4.47. The van der Waals surface area contributed by atoms with Crippen LogP contribution in [-0.2, 0) is 12.1 Å². The molecule has 0 aliphatic carbocycles. The van der Waals surface area contributed by atoms with Gasteiger partial charge in [-0.25, -0.2) is 4.98 Å². The second kappa shape index (κ2) is 8.51. The molecule has 0 saturated carbocycles. The van der Waals surface area contributed by atoms with E-state index in [4.69, 9.17) is 11.6 Å². The molecule has 1 aromatic carbocycles. The summed E-state index contributed by atoms with van der Waals surface area (Å²) in [4.78, 5) is 19.8. The van der Waals surface area contributed by atoms with E-state index in [0.29, 0.717) is 28.0 Å². The van der Waals surface area contributed by atoms with E-state index in [9.17, 15) is 4.79 Å². The van der Waals surface area contributed by atoms with Crippen molar-refractivity contribution < 1.29 is 0 Å². The monoisotopic (exact) mass is 413 g/mol. The summed E-state index contributed by atoms with van der Waals surface area (Å²) in [6.07, 6.45) is 3.63. The normalized spacial score (nSPS) is 12.0. The van der Waals surface area contributed by atoms with Gasteiger partial charge in [-0.1, -0.05) is 31.5 Å². The van der Waals surface area contributed by atoms with Gasteiger partial charge in [0, 0.05) is 29.9 Å². The molecule has 2 heterocycles. The number of nitrogens with zero attached hydrogens (tertiary/aromatic N) is 3. The van der Waals surface area contributed by atoms with Crippen LogP contribution in [-0.4, -0.2) is 26.3 Å². The zero-order valence-electron chi connectivity index (χ0n) is 17.6. The zero-order valence-corrected chi connectivity index (χ0v) is 18.3. The van der Waals surface area contributed by atoms with Crippen molar-refractivity contribution in [3.05, 3.63) is 57.6 Å². The predicted molar refractivity (Wildman–Crippen MR) is 118 cm³/mol. The first kappa shape index (κ1) is 21.3. The molecule has 0 aliphatic rings. The van der Waals surface area contributed by atoms with Crippen LogP contribution in [0.1, 0.15) is 40.2 Å². The van der Waals surface area contributed by atoms with Gasteiger partial charge < -0.3 is 10.3 Å². The van der Waals surface area contributed by atoms with Crippen molar-refractivity contribution in [2.45, 2.75) is 46.7 Å². The van der Waals surface area contributed by atoms with Crippen molar-refractivity contribution in [2.24, 2.45) is 5.92 Å². The van der Waals surface area contributed by atoms with Crippen LogP contribution in [0.4, 0.5) is 0 Å². The van der Waals surface area contributed by atoms with Gasteiger partial charge in [-0.15, -0.1) is 0 Å². The maximum absolute atomic E-state index is 12.3. The summed E-state index contributed by atoms with van der Waals surface area (Å²) < 4.78 is 1.86. The summed E-state index contributed by atoms with van der Waals surface area (Å²) in [5.41, 5.74) is 2.77. The smallest absolute Gasteiger partial charge is 0.251 e.